The third-order valence-electron chi connectivity index (χ3n) is 3.57. The number of likely N-dealkylation sites (N-methyl/N-ethyl adjacent to an activating group) is 1. The molecule has 0 bridgehead atoms. The van der Waals surface area contributed by atoms with Gasteiger partial charge in [0.15, 0.2) is 0 Å². The van der Waals surface area contributed by atoms with Gasteiger partial charge in [0, 0.05) is 19.7 Å². The summed E-state index contributed by atoms with van der Waals surface area (Å²) in [6, 6.07) is 14.2. The number of nitrogens with zero attached hydrogens (tertiary/aromatic N) is 1. The van der Waals surface area contributed by atoms with E-state index in [9.17, 15) is 9.59 Å². The van der Waals surface area contributed by atoms with Gasteiger partial charge >= 0.3 is 5.97 Å². The summed E-state index contributed by atoms with van der Waals surface area (Å²) in [6.07, 6.45) is -1.00. The maximum Gasteiger partial charge on any atom is 0.343 e. The second-order valence-electron chi connectivity index (χ2n) is 5.63. The molecule has 0 N–H and O–H groups in total. The van der Waals surface area contributed by atoms with E-state index in [1.807, 2.05) is 19.1 Å². The lowest BCUT2D eigenvalue weighted by Crippen LogP contribution is -2.31. The normalized spacial score (nSPS) is 11.5. The molecule has 0 spiro atoms. The Labute approximate surface area is 141 Å². The fourth-order valence-electron chi connectivity index (χ4n) is 2.28. The SMILES string of the molecule is COc1ccc(C)cc1C(=O)O[C@@H](C(=O)N(C)C)c1ccccc1. The highest BCUT2D eigenvalue weighted by Gasteiger charge is 2.28. The molecule has 0 radical (unpaired) electrons. The standard InChI is InChI=1S/C19H21NO4/c1-13-10-11-16(23-4)15(12-13)19(22)24-17(18(21)20(2)3)14-8-6-5-7-9-14/h5-12,17H,1-4H3/t17-/m1/s1. The maximum atomic E-state index is 12.6. The molecule has 1 amide bonds. The lowest BCUT2D eigenvalue weighted by molar-refractivity contribution is -0.138. The van der Waals surface area contributed by atoms with Crippen LogP contribution in [-0.2, 0) is 9.53 Å². The molecule has 0 aliphatic carbocycles. The number of benzene rings is 2. The topological polar surface area (TPSA) is 55.8 Å². The summed E-state index contributed by atoms with van der Waals surface area (Å²) < 4.78 is 10.8. The summed E-state index contributed by atoms with van der Waals surface area (Å²) in [5.41, 5.74) is 1.82. The number of ether oxygens (including phenoxy) is 2. The highest BCUT2D eigenvalue weighted by atomic mass is 16.6. The van der Waals surface area contributed by atoms with Crippen molar-refractivity contribution in [2.75, 3.05) is 21.2 Å². The van der Waals surface area contributed by atoms with E-state index >= 15 is 0 Å². The molecule has 2 aromatic carbocycles. The molecule has 2 rings (SSSR count). The van der Waals surface area contributed by atoms with Crippen LogP contribution in [0.15, 0.2) is 48.5 Å². The van der Waals surface area contributed by atoms with Gasteiger partial charge in [-0.3, -0.25) is 4.79 Å². The zero-order valence-corrected chi connectivity index (χ0v) is 14.3. The first-order valence-electron chi connectivity index (χ1n) is 7.55. The van der Waals surface area contributed by atoms with Crippen LogP contribution in [0, 0.1) is 6.92 Å². The van der Waals surface area contributed by atoms with E-state index < -0.39 is 12.1 Å². The van der Waals surface area contributed by atoms with Gasteiger partial charge in [0.05, 0.1) is 7.11 Å². The fraction of sp³-hybridized carbons (Fsp3) is 0.263. The van der Waals surface area contributed by atoms with Crippen molar-refractivity contribution in [1.29, 1.82) is 0 Å². The fourth-order valence-corrected chi connectivity index (χ4v) is 2.28. The van der Waals surface area contributed by atoms with Crippen molar-refractivity contribution in [3.8, 4) is 5.75 Å². The molecular formula is C19H21NO4. The van der Waals surface area contributed by atoms with Gasteiger partial charge in [-0.1, -0.05) is 42.0 Å². The van der Waals surface area contributed by atoms with Gasteiger partial charge in [-0.15, -0.1) is 0 Å². The predicted octanol–water partition coefficient (Wildman–Crippen LogP) is 2.99. The molecule has 0 aromatic heterocycles. The Hall–Kier alpha value is -2.82. The Bertz CT molecular complexity index is 725. The number of esters is 1. The van der Waals surface area contributed by atoms with Crippen molar-refractivity contribution in [1.82, 2.24) is 4.90 Å². The summed E-state index contributed by atoms with van der Waals surface area (Å²) in [5.74, 6) is -0.490. The summed E-state index contributed by atoms with van der Waals surface area (Å²) in [4.78, 5) is 26.5. The molecule has 0 aliphatic heterocycles. The van der Waals surface area contributed by atoms with Crippen LogP contribution in [-0.4, -0.2) is 38.0 Å². The largest absolute Gasteiger partial charge is 0.496 e. The van der Waals surface area contributed by atoms with Crippen LogP contribution in [0.5, 0.6) is 5.75 Å². The highest BCUT2D eigenvalue weighted by molar-refractivity contribution is 5.95. The Morgan fingerprint density at radius 2 is 1.71 bits per heavy atom. The second kappa shape index (κ2) is 7.64. The van der Waals surface area contributed by atoms with Crippen molar-refractivity contribution >= 4 is 11.9 Å². The van der Waals surface area contributed by atoms with E-state index in [-0.39, 0.29) is 5.91 Å². The number of hydrogen-bond donors (Lipinski definition) is 0. The smallest absolute Gasteiger partial charge is 0.343 e. The van der Waals surface area contributed by atoms with Gasteiger partial charge in [-0.25, -0.2) is 4.79 Å². The molecule has 2 aromatic rings. The Balaban J connectivity index is 2.35. The summed E-state index contributed by atoms with van der Waals surface area (Å²) >= 11 is 0. The van der Waals surface area contributed by atoms with Gasteiger partial charge in [-0.05, 0) is 19.1 Å². The predicted molar refractivity (Wildman–Crippen MR) is 91.0 cm³/mol. The van der Waals surface area contributed by atoms with Gasteiger partial charge in [0.25, 0.3) is 5.91 Å². The van der Waals surface area contributed by atoms with Gasteiger partial charge in [0.1, 0.15) is 11.3 Å². The number of aryl methyl sites for hydroxylation is 1. The summed E-state index contributed by atoms with van der Waals surface area (Å²) in [5, 5.41) is 0. The molecule has 0 saturated heterocycles. The minimum atomic E-state index is -1.00. The highest BCUT2D eigenvalue weighted by Crippen LogP contribution is 2.25. The monoisotopic (exact) mass is 327 g/mol. The van der Waals surface area contributed by atoms with Crippen LogP contribution in [0.25, 0.3) is 0 Å². The molecule has 0 saturated carbocycles. The quantitative estimate of drug-likeness (QED) is 0.792. The Kier molecular flexibility index (Phi) is 5.58. The first-order chi connectivity index (χ1) is 11.4. The second-order valence-corrected chi connectivity index (χ2v) is 5.63. The summed E-state index contributed by atoms with van der Waals surface area (Å²) in [6.45, 7) is 1.87. The lowest BCUT2D eigenvalue weighted by Gasteiger charge is -2.21. The number of hydrogen-bond acceptors (Lipinski definition) is 4. The van der Waals surface area contributed by atoms with Crippen molar-refractivity contribution in [3.05, 3.63) is 65.2 Å². The van der Waals surface area contributed by atoms with E-state index in [0.29, 0.717) is 16.9 Å². The lowest BCUT2D eigenvalue weighted by atomic mass is 10.1. The average molecular weight is 327 g/mol. The maximum absolute atomic E-state index is 12.6. The van der Waals surface area contributed by atoms with Crippen LogP contribution in [0.1, 0.15) is 27.6 Å². The van der Waals surface area contributed by atoms with Crippen LogP contribution in [0.3, 0.4) is 0 Å². The van der Waals surface area contributed by atoms with Crippen LogP contribution >= 0.6 is 0 Å². The third-order valence-corrected chi connectivity index (χ3v) is 3.57. The van der Waals surface area contributed by atoms with E-state index in [2.05, 4.69) is 0 Å². The molecule has 5 heteroatoms. The number of amides is 1. The molecule has 24 heavy (non-hydrogen) atoms. The van der Waals surface area contributed by atoms with Crippen molar-refractivity contribution in [2.24, 2.45) is 0 Å². The zero-order chi connectivity index (χ0) is 17.7. The average Bonchev–Trinajstić information content (AvgIpc) is 2.59. The third kappa shape index (κ3) is 3.93. The van der Waals surface area contributed by atoms with Gasteiger partial charge in [0.2, 0.25) is 6.10 Å². The molecule has 5 nitrogen and oxygen atoms in total. The van der Waals surface area contributed by atoms with E-state index in [1.54, 1.807) is 50.5 Å². The molecule has 1 atom stereocenters. The Morgan fingerprint density at radius 1 is 1.04 bits per heavy atom. The number of rotatable bonds is 5. The van der Waals surface area contributed by atoms with E-state index in [1.165, 1.54) is 12.0 Å². The van der Waals surface area contributed by atoms with Gasteiger partial charge in [-0.2, -0.15) is 0 Å². The van der Waals surface area contributed by atoms with E-state index in [4.69, 9.17) is 9.47 Å². The molecular weight excluding hydrogens is 306 g/mol. The van der Waals surface area contributed by atoms with Crippen LogP contribution < -0.4 is 4.74 Å². The van der Waals surface area contributed by atoms with Gasteiger partial charge < -0.3 is 14.4 Å². The molecule has 0 heterocycles. The molecule has 0 fully saturated rings. The van der Waals surface area contributed by atoms with E-state index in [0.717, 1.165) is 5.56 Å². The first kappa shape index (κ1) is 17.5. The van der Waals surface area contributed by atoms with Crippen molar-refractivity contribution in [3.63, 3.8) is 0 Å². The number of carbonyl (C=O) groups excluding carboxylic acids is 2. The summed E-state index contributed by atoms with van der Waals surface area (Å²) in [7, 11) is 4.74. The Morgan fingerprint density at radius 3 is 2.29 bits per heavy atom. The number of carbonyl (C=O) groups is 2. The minimum absolute atomic E-state index is 0.296. The van der Waals surface area contributed by atoms with Crippen molar-refractivity contribution < 1.29 is 19.1 Å². The molecule has 126 valence electrons. The zero-order valence-electron chi connectivity index (χ0n) is 14.3. The van der Waals surface area contributed by atoms with Crippen LogP contribution in [0.2, 0.25) is 0 Å². The molecule has 0 aliphatic rings. The number of methoxy groups -OCH3 is 1. The first-order valence-corrected chi connectivity index (χ1v) is 7.55. The van der Waals surface area contributed by atoms with Crippen LogP contribution in [0.4, 0.5) is 0 Å². The minimum Gasteiger partial charge on any atom is -0.496 e. The molecule has 0 unspecified atom stereocenters. The van der Waals surface area contributed by atoms with Crippen molar-refractivity contribution in [2.45, 2.75) is 13.0 Å².